The Bertz CT molecular complexity index is 568. The Morgan fingerprint density at radius 2 is 2.14 bits per heavy atom. The summed E-state index contributed by atoms with van der Waals surface area (Å²) in [6.07, 6.45) is 2.17. The van der Waals surface area contributed by atoms with Crippen molar-refractivity contribution >= 4 is 17.8 Å². The summed E-state index contributed by atoms with van der Waals surface area (Å²) < 4.78 is 5.09. The van der Waals surface area contributed by atoms with E-state index in [1.165, 1.54) is 6.26 Å². The van der Waals surface area contributed by atoms with Gasteiger partial charge in [-0.15, -0.1) is 0 Å². The van der Waals surface area contributed by atoms with E-state index in [9.17, 15) is 14.4 Å². The second kappa shape index (κ2) is 5.23. The molecule has 2 saturated heterocycles. The molecule has 0 spiro atoms. The highest BCUT2D eigenvalue weighted by molar-refractivity contribution is 5.92. The van der Waals surface area contributed by atoms with Gasteiger partial charge in [0.05, 0.1) is 18.2 Å². The van der Waals surface area contributed by atoms with Gasteiger partial charge in [-0.3, -0.25) is 14.4 Å². The number of carbonyl (C=O) groups is 3. The number of hydrogen-bond acceptors (Lipinski definition) is 4. The predicted molar refractivity (Wildman–Crippen MR) is 70.5 cm³/mol. The molecular weight excluding hydrogens is 276 g/mol. The van der Waals surface area contributed by atoms with E-state index in [0.717, 1.165) is 0 Å². The molecule has 0 bridgehead atoms. The average molecular weight is 292 g/mol. The number of hydrogen-bond donors (Lipinski definition) is 1. The van der Waals surface area contributed by atoms with E-state index in [1.807, 2.05) is 0 Å². The zero-order chi connectivity index (χ0) is 15.0. The predicted octanol–water partition coefficient (Wildman–Crippen LogP) is 0.427. The van der Waals surface area contributed by atoms with Gasteiger partial charge in [-0.25, -0.2) is 0 Å². The summed E-state index contributed by atoms with van der Waals surface area (Å²) in [5.74, 6) is -1.62. The van der Waals surface area contributed by atoms with Crippen molar-refractivity contribution in [1.29, 1.82) is 0 Å². The van der Waals surface area contributed by atoms with Crippen LogP contribution in [0, 0.1) is 5.92 Å². The highest BCUT2D eigenvalue weighted by atomic mass is 16.4. The number of nitrogens with zero attached hydrogens (tertiary/aromatic N) is 2. The third-order valence-electron chi connectivity index (χ3n) is 4.13. The molecule has 0 aromatic carbocycles. The van der Waals surface area contributed by atoms with Crippen molar-refractivity contribution in [3.8, 4) is 0 Å². The largest absolute Gasteiger partial charge is 0.481 e. The van der Waals surface area contributed by atoms with Crippen LogP contribution in [-0.4, -0.2) is 58.4 Å². The van der Waals surface area contributed by atoms with Crippen LogP contribution in [0.4, 0.5) is 0 Å². The maximum Gasteiger partial charge on any atom is 0.308 e. The fourth-order valence-electron chi connectivity index (χ4n) is 2.99. The standard InChI is InChI=1S/C14H16N2O5/c17-12-6-9(14(19)20)7-16(12)10-3-4-15(8-10)13(18)11-2-1-5-21-11/h1-2,5,9-10H,3-4,6-8H2,(H,19,20). The lowest BCUT2D eigenvalue weighted by Gasteiger charge is -2.24. The normalized spacial score (nSPS) is 25.6. The van der Waals surface area contributed by atoms with E-state index in [0.29, 0.717) is 19.5 Å². The van der Waals surface area contributed by atoms with Crippen LogP contribution in [-0.2, 0) is 9.59 Å². The van der Waals surface area contributed by atoms with Crippen LogP contribution in [0.1, 0.15) is 23.4 Å². The molecule has 1 aromatic heterocycles. The third kappa shape index (κ3) is 2.51. The first kappa shape index (κ1) is 13.7. The molecule has 7 nitrogen and oxygen atoms in total. The number of furan rings is 1. The van der Waals surface area contributed by atoms with Gasteiger partial charge in [0.1, 0.15) is 0 Å². The van der Waals surface area contributed by atoms with Crippen LogP contribution >= 0.6 is 0 Å². The molecule has 3 heterocycles. The fraction of sp³-hybridized carbons (Fsp3) is 0.500. The highest BCUT2D eigenvalue weighted by Gasteiger charge is 2.41. The quantitative estimate of drug-likeness (QED) is 0.872. The Morgan fingerprint density at radius 1 is 1.33 bits per heavy atom. The molecule has 7 heteroatoms. The van der Waals surface area contributed by atoms with E-state index in [-0.39, 0.29) is 36.6 Å². The molecule has 2 amide bonds. The number of carboxylic acids is 1. The van der Waals surface area contributed by atoms with Crippen LogP contribution in [0.3, 0.4) is 0 Å². The molecule has 2 atom stereocenters. The molecule has 0 radical (unpaired) electrons. The second-order valence-corrected chi connectivity index (χ2v) is 5.46. The number of rotatable bonds is 3. The van der Waals surface area contributed by atoms with Crippen LogP contribution in [0.25, 0.3) is 0 Å². The topological polar surface area (TPSA) is 91.1 Å². The molecule has 2 aliphatic heterocycles. The summed E-state index contributed by atoms with van der Waals surface area (Å²) in [7, 11) is 0. The first-order valence-corrected chi connectivity index (χ1v) is 6.91. The molecule has 0 saturated carbocycles. The number of likely N-dealkylation sites (tertiary alicyclic amines) is 2. The maximum atomic E-state index is 12.2. The molecule has 3 rings (SSSR count). The van der Waals surface area contributed by atoms with Crippen molar-refractivity contribution < 1.29 is 23.9 Å². The Labute approximate surface area is 121 Å². The second-order valence-electron chi connectivity index (χ2n) is 5.46. The van der Waals surface area contributed by atoms with Gasteiger partial charge in [-0.1, -0.05) is 0 Å². The minimum atomic E-state index is -0.938. The van der Waals surface area contributed by atoms with E-state index in [2.05, 4.69) is 0 Å². The fourth-order valence-corrected chi connectivity index (χ4v) is 2.99. The van der Waals surface area contributed by atoms with Gasteiger partial charge in [-0.2, -0.15) is 0 Å². The third-order valence-corrected chi connectivity index (χ3v) is 4.13. The van der Waals surface area contributed by atoms with Crippen LogP contribution in [0.15, 0.2) is 22.8 Å². The van der Waals surface area contributed by atoms with Gasteiger partial charge >= 0.3 is 5.97 Å². The molecule has 2 aliphatic rings. The summed E-state index contributed by atoms with van der Waals surface area (Å²) >= 11 is 0. The zero-order valence-electron chi connectivity index (χ0n) is 11.4. The number of amides is 2. The summed E-state index contributed by atoms with van der Waals surface area (Å²) in [5.41, 5.74) is 0. The van der Waals surface area contributed by atoms with E-state index >= 15 is 0 Å². The number of carboxylic acid groups (broad SMARTS) is 1. The van der Waals surface area contributed by atoms with Gasteiger partial charge in [-0.05, 0) is 18.6 Å². The van der Waals surface area contributed by atoms with Crippen LogP contribution in [0.5, 0.6) is 0 Å². The van der Waals surface area contributed by atoms with Gasteiger partial charge in [0.15, 0.2) is 5.76 Å². The Morgan fingerprint density at radius 3 is 2.76 bits per heavy atom. The molecule has 1 N–H and O–H groups in total. The molecule has 0 aliphatic carbocycles. The van der Waals surface area contributed by atoms with Gasteiger partial charge in [0.25, 0.3) is 5.91 Å². The van der Waals surface area contributed by atoms with Crippen molar-refractivity contribution in [2.75, 3.05) is 19.6 Å². The van der Waals surface area contributed by atoms with Gasteiger partial charge < -0.3 is 19.3 Å². The van der Waals surface area contributed by atoms with Gasteiger partial charge in [0, 0.05) is 26.1 Å². The minimum absolute atomic E-state index is 0.0535. The monoisotopic (exact) mass is 292 g/mol. The number of carbonyl (C=O) groups excluding carboxylic acids is 2. The zero-order valence-corrected chi connectivity index (χ0v) is 11.4. The minimum Gasteiger partial charge on any atom is -0.481 e. The Balaban J connectivity index is 1.64. The van der Waals surface area contributed by atoms with Gasteiger partial charge in [0.2, 0.25) is 5.91 Å². The lowest BCUT2D eigenvalue weighted by Crippen LogP contribution is -2.40. The molecule has 21 heavy (non-hydrogen) atoms. The summed E-state index contributed by atoms with van der Waals surface area (Å²) in [6.45, 7) is 1.21. The number of aliphatic carboxylic acids is 1. The van der Waals surface area contributed by atoms with E-state index in [4.69, 9.17) is 9.52 Å². The molecule has 2 fully saturated rings. The first-order valence-electron chi connectivity index (χ1n) is 6.91. The molecule has 2 unspecified atom stereocenters. The van der Waals surface area contributed by atoms with Crippen LogP contribution < -0.4 is 0 Å². The van der Waals surface area contributed by atoms with E-state index in [1.54, 1.807) is 21.9 Å². The Hall–Kier alpha value is -2.31. The van der Waals surface area contributed by atoms with E-state index < -0.39 is 11.9 Å². The Kier molecular flexibility index (Phi) is 3.40. The summed E-state index contributed by atoms with van der Waals surface area (Å²) in [4.78, 5) is 38.3. The highest BCUT2D eigenvalue weighted by Crippen LogP contribution is 2.26. The lowest BCUT2D eigenvalue weighted by molar-refractivity contribution is -0.141. The first-order chi connectivity index (χ1) is 10.1. The summed E-state index contributed by atoms with van der Waals surface area (Å²) in [5, 5.41) is 9.00. The van der Waals surface area contributed by atoms with Crippen molar-refractivity contribution in [3.63, 3.8) is 0 Å². The lowest BCUT2D eigenvalue weighted by atomic mass is 10.1. The van der Waals surface area contributed by atoms with Crippen LogP contribution in [0.2, 0.25) is 0 Å². The summed E-state index contributed by atoms with van der Waals surface area (Å²) in [6, 6.07) is 3.17. The SMILES string of the molecule is O=C(O)C1CC(=O)N(C2CCN(C(=O)c3ccco3)C2)C1. The maximum absolute atomic E-state index is 12.2. The smallest absolute Gasteiger partial charge is 0.308 e. The van der Waals surface area contributed by atoms with Crippen molar-refractivity contribution in [2.24, 2.45) is 5.92 Å². The van der Waals surface area contributed by atoms with Crippen molar-refractivity contribution in [3.05, 3.63) is 24.2 Å². The molecular formula is C14H16N2O5. The van der Waals surface area contributed by atoms with Crippen molar-refractivity contribution in [2.45, 2.75) is 18.9 Å². The molecule has 1 aromatic rings. The molecule has 112 valence electrons. The van der Waals surface area contributed by atoms with Crippen molar-refractivity contribution in [1.82, 2.24) is 9.80 Å². The average Bonchev–Trinajstić information content (AvgIpc) is 3.18.